The molecule has 1 N–H and O–H groups in total. The molecule has 1 aliphatic heterocycles. The molecule has 1 aromatic carbocycles. The zero-order valence-electron chi connectivity index (χ0n) is 22.2. The summed E-state index contributed by atoms with van der Waals surface area (Å²) in [5, 5.41) is 17.5. The normalized spacial score (nSPS) is 15.5. The highest BCUT2D eigenvalue weighted by molar-refractivity contribution is 7.10. The second-order valence-electron chi connectivity index (χ2n) is 9.11. The van der Waals surface area contributed by atoms with Crippen molar-refractivity contribution in [3.63, 3.8) is 0 Å². The Kier molecular flexibility index (Phi) is 8.71. The Hall–Kier alpha value is -4.23. The van der Waals surface area contributed by atoms with Crippen LogP contribution in [0.15, 0.2) is 58.5 Å². The van der Waals surface area contributed by atoms with Gasteiger partial charge >= 0.3 is 0 Å². The summed E-state index contributed by atoms with van der Waals surface area (Å²) in [6.07, 6.45) is 3.36. The van der Waals surface area contributed by atoms with Crippen LogP contribution in [0, 0.1) is 0 Å². The molecule has 3 aromatic heterocycles. The van der Waals surface area contributed by atoms with E-state index in [1.54, 1.807) is 44.6 Å². The van der Waals surface area contributed by atoms with Crippen molar-refractivity contribution >= 4 is 23.2 Å². The van der Waals surface area contributed by atoms with Gasteiger partial charge in [0.2, 0.25) is 17.6 Å². The zero-order valence-corrected chi connectivity index (χ0v) is 23.0. The summed E-state index contributed by atoms with van der Waals surface area (Å²) in [5.74, 6) is 1.27. The molecule has 12 nitrogen and oxygen atoms in total. The van der Waals surface area contributed by atoms with Crippen LogP contribution >= 0.6 is 11.3 Å². The second-order valence-corrected chi connectivity index (χ2v) is 10.1. The number of ether oxygens (including phenoxy) is 3. The first kappa shape index (κ1) is 27.3. The standard InChI is InChI=1S/C27H30N6O6S/c1-36-21-10-9-18(14-22(21)37-2)26-29-31-33(30-26)17-24(34)32(16-20-7-4-12-39-20)25(23-8-5-13-40-23)27(35)28-15-19-6-3-11-38-19/h4-5,7-10,12-14,19,25H,3,6,11,15-17H2,1-2H3,(H,28,35)/t19-,25+/m0/s1. The van der Waals surface area contributed by atoms with Crippen molar-refractivity contribution in [2.45, 2.75) is 38.1 Å². The summed E-state index contributed by atoms with van der Waals surface area (Å²) < 4.78 is 21.9. The number of methoxy groups -OCH3 is 2. The molecule has 2 amide bonds. The quantitative estimate of drug-likeness (QED) is 0.275. The fourth-order valence-corrected chi connectivity index (χ4v) is 5.33. The Bertz CT molecular complexity index is 1400. The minimum Gasteiger partial charge on any atom is -0.493 e. The number of nitrogens with one attached hydrogen (secondary N) is 1. The Labute approximate surface area is 234 Å². The van der Waals surface area contributed by atoms with Crippen molar-refractivity contribution in [1.82, 2.24) is 30.4 Å². The average Bonchev–Trinajstić information content (AvgIpc) is 3.80. The predicted octanol–water partition coefficient (Wildman–Crippen LogP) is 3.08. The van der Waals surface area contributed by atoms with Crippen LogP contribution < -0.4 is 14.8 Å². The van der Waals surface area contributed by atoms with Crippen molar-refractivity contribution in [3.8, 4) is 22.9 Å². The van der Waals surface area contributed by atoms with Gasteiger partial charge in [0.1, 0.15) is 18.3 Å². The number of amides is 2. The third-order valence-corrected chi connectivity index (χ3v) is 7.42. The summed E-state index contributed by atoms with van der Waals surface area (Å²) in [7, 11) is 3.09. The SMILES string of the molecule is COc1ccc(-c2nnn(CC(=O)N(Cc3ccco3)[C@@H](C(=O)NC[C@@H]3CCCO3)c3cccs3)n2)cc1OC. The number of carbonyl (C=O) groups is 2. The maximum Gasteiger partial charge on any atom is 0.248 e. The molecule has 0 spiro atoms. The van der Waals surface area contributed by atoms with Crippen molar-refractivity contribution in [1.29, 1.82) is 0 Å². The summed E-state index contributed by atoms with van der Waals surface area (Å²) in [6.45, 7) is 0.915. The molecule has 0 saturated carbocycles. The lowest BCUT2D eigenvalue weighted by atomic mass is 10.1. The van der Waals surface area contributed by atoms with Crippen LogP contribution in [0.3, 0.4) is 0 Å². The Morgan fingerprint density at radius 1 is 1.20 bits per heavy atom. The number of tetrazole rings is 1. The molecule has 2 atom stereocenters. The van der Waals surface area contributed by atoms with E-state index in [1.165, 1.54) is 27.3 Å². The van der Waals surface area contributed by atoms with Gasteiger partial charge < -0.3 is 28.8 Å². The summed E-state index contributed by atoms with van der Waals surface area (Å²) in [6, 6.07) is 11.6. The van der Waals surface area contributed by atoms with Gasteiger partial charge in [-0.25, -0.2) is 0 Å². The van der Waals surface area contributed by atoms with Gasteiger partial charge in [-0.15, -0.1) is 21.5 Å². The van der Waals surface area contributed by atoms with Crippen molar-refractivity contribution in [2.75, 3.05) is 27.4 Å². The average molecular weight is 567 g/mol. The number of furan rings is 1. The van der Waals surface area contributed by atoms with E-state index in [2.05, 4.69) is 20.7 Å². The van der Waals surface area contributed by atoms with E-state index in [0.29, 0.717) is 41.8 Å². The molecule has 1 saturated heterocycles. The molecular formula is C27H30N6O6S. The van der Waals surface area contributed by atoms with E-state index in [-0.39, 0.29) is 31.0 Å². The molecule has 0 radical (unpaired) electrons. The van der Waals surface area contributed by atoms with Gasteiger partial charge in [0.25, 0.3) is 0 Å². The first-order valence-electron chi connectivity index (χ1n) is 12.8. The van der Waals surface area contributed by atoms with Gasteiger partial charge in [0.15, 0.2) is 11.5 Å². The summed E-state index contributed by atoms with van der Waals surface area (Å²) in [4.78, 5) is 30.8. The number of carbonyl (C=O) groups excluding carboxylic acids is 2. The van der Waals surface area contributed by atoms with E-state index in [0.717, 1.165) is 17.7 Å². The monoisotopic (exact) mass is 566 g/mol. The van der Waals surface area contributed by atoms with Crippen molar-refractivity contribution in [3.05, 3.63) is 64.7 Å². The van der Waals surface area contributed by atoms with Crippen LogP contribution in [-0.4, -0.2) is 70.4 Å². The molecule has 1 fully saturated rings. The molecule has 210 valence electrons. The lowest BCUT2D eigenvalue weighted by molar-refractivity contribution is -0.142. The largest absolute Gasteiger partial charge is 0.493 e. The maximum absolute atomic E-state index is 13.8. The van der Waals surface area contributed by atoms with Crippen molar-refractivity contribution < 1.29 is 28.2 Å². The van der Waals surface area contributed by atoms with E-state index in [9.17, 15) is 9.59 Å². The van der Waals surface area contributed by atoms with Crippen molar-refractivity contribution in [2.24, 2.45) is 0 Å². The Morgan fingerprint density at radius 2 is 2.08 bits per heavy atom. The topological polar surface area (TPSA) is 134 Å². The Balaban J connectivity index is 1.38. The van der Waals surface area contributed by atoms with Crippen LogP contribution in [0.2, 0.25) is 0 Å². The predicted molar refractivity (Wildman–Crippen MR) is 145 cm³/mol. The minimum absolute atomic E-state index is 0.0310. The number of hydrogen-bond acceptors (Lipinski definition) is 10. The highest BCUT2D eigenvalue weighted by Crippen LogP contribution is 2.31. The summed E-state index contributed by atoms with van der Waals surface area (Å²) >= 11 is 1.40. The first-order chi connectivity index (χ1) is 19.6. The van der Waals surface area contributed by atoms with Crippen LogP contribution in [0.5, 0.6) is 11.5 Å². The highest BCUT2D eigenvalue weighted by Gasteiger charge is 2.34. The van der Waals surface area contributed by atoms with Gasteiger partial charge in [-0.2, -0.15) is 4.80 Å². The summed E-state index contributed by atoms with van der Waals surface area (Å²) in [5.41, 5.74) is 0.647. The van der Waals surface area contributed by atoms with Crippen LogP contribution in [0.25, 0.3) is 11.4 Å². The number of nitrogens with zero attached hydrogens (tertiary/aromatic N) is 5. The third-order valence-electron chi connectivity index (χ3n) is 6.50. The molecule has 13 heteroatoms. The smallest absolute Gasteiger partial charge is 0.248 e. The molecular weight excluding hydrogens is 536 g/mol. The molecule has 0 aliphatic carbocycles. The maximum atomic E-state index is 13.8. The Morgan fingerprint density at radius 3 is 2.77 bits per heavy atom. The molecule has 1 aliphatic rings. The molecule has 40 heavy (non-hydrogen) atoms. The number of thiophene rings is 1. The molecule has 0 bridgehead atoms. The van der Waals surface area contributed by atoms with E-state index >= 15 is 0 Å². The fraction of sp³-hybridized carbons (Fsp3) is 0.370. The number of hydrogen-bond donors (Lipinski definition) is 1. The van der Waals surface area contributed by atoms with E-state index in [1.807, 2.05) is 17.5 Å². The van der Waals surface area contributed by atoms with E-state index < -0.39 is 6.04 Å². The molecule has 4 aromatic rings. The third kappa shape index (κ3) is 6.32. The van der Waals surface area contributed by atoms with Gasteiger partial charge in [-0.05, 0) is 59.8 Å². The lowest BCUT2D eigenvalue weighted by Crippen LogP contribution is -2.45. The lowest BCUT2D eigenvalue weighted by Gasteiger charge is -2.30. The van der Waals surface area contributed by atoms with Gasteiger partial charge in [-0.3, -0.25) is 9.59 Å². The number of aromatic nitrogens is 4. The van der Waals surface area contributed by atoms with E-state index in [4.69, 9.17) is 18.6 Å². The minimum atomic E-state index is -0.882. The first-order valence-corrected chi connectivity index (χ1v) is 13.7. The van der Waals surface area contributed by atoms with Crippen LogP contribution in [0.1, 0.15) is 29.5 Å². The molecule has 5 rings (SSSR count). The molecule has 0 unspecified atom stereocenters. The second kappa shape index (κ2) is 12.7. The number of benzene rings is 1. The number of rotatable bonds is 12. The van der Waals surface area contributed by atoms with Gasteiger partial charge in [0, 0.05) is 23.6 Å². The van der Waals surface area contributed by atoms with Crippen LogP contribution in [-0.2, 0) is 27.4 Å². The van der Waals surface area contributed by atoms with Gasteiger partial charge in [0.05, 0.1) is 33.1 Å². The highest BCUT2D eigenvalue weighted by atomic mass is 32.1. The zero-order chi connectivity index (χ0) is 27.9. The molecule has 4 heterocycles. The van der Waals surface area contributed by atoms with Gasteiger partial charge in [-0.1, -0.05) is 6.07 Å². The fourth-order valence-electron chi connectivity index (χ4n) is 4.49. The van der Waals surface area contributed by atoms with Crippen LogP contribution in [0.4, 0.5) is 0 Å².